The molecule has 2 aromatic rings. The molecule has 1 unspecified atom stereocenters. The summed E-state index contributed by atoms with van der Waals surface area (Å²) in [4.78, 5) is 16.4. The monoisotopic (exact) mass is 302 g/mol. The quantitative estimate of drug-likeness (QED) is 0.789. The van der Waals surface area contributed by atoms with Crippen LogP contribution in [0.2, 0.25) is 0 Å². The van der Waals surface area contributed by atoms with Crippen LogP contribution >= 0.6 is 0 Å². The Balaban J connectivity index is 1.96. The van der Waals surface area contributed by atoms with E-state index in [0.717, 1.165) is 12.1 Å². The van der Waals surface area contributed by atoms with Gasteiger partial charge in [0.25, 0.3) is 5.91 Å². The normalized spacial score (nSPS) is 12.4. The predicted octanol–water partition coefficient (Wildman–Crippen LogP) is 0.825. The minimum Gasteiger partial charge on any atom is -0.347 e. The molecule has 2 rings (SSSR count). The lowest BCUT2D eigenvalue weighted by Gasteiger charge is -2.17. The highest BCUT2D eigenvalue weighted by atomic mass is 16.2. The summed E-state index contributed by atoms with van der Waals surface area (Å²) in [7, 11) is 0. The van der Waals surface area contributed by atoms with E-state index in [4.69, 9.17) is 5.73 Å². The molecule has 2 heterocycles. The first-order valence-electron chi connectivity index (χ1n) is 7.39. The largest absolute Gasteiger partial charge is 0.347 e. The van der Waals surface area contributed by atoms with Crippen molar-refractivity contribution in [2.24, 2.45) is 11.7 Å². The first-order chi connectivity index (χ1) is 10.6. The maximum absolute atomic E-state index is 12.2. The van der Waals surface area contributed by atoms with Crippen molar-refractivity contribution in [2.75, 3.05) is 6.54 Å². The summed E-state index contributed by atoms with van der Waals surface area (Å²) in [5, 5.41) is 10.8. The van der Waals surface area contributed by atoms with Crippen LogP contribution in [-0.4, -0.2) is 38.5 Å². The molecular weight excluding hydrogens is 280 g/mol. The average Bonchev–Trinajstić information content (AvgIpc) is 2.95. The summed E-state index contributed by atoms with van der Waals surface area (Å²) in [6, 6.07) is 5.61. The van der Waals surface area contributed by atoms with E-state index >= 15 is 0 Å². The number of nitrogens with one attached hydrogen (secondary N) is 1. The van der Waals surface area contributed by atoms with E-state index in [2.05, 4.69) is 34.5 Å². The van der Waals surface area contributed by atoms with Crippen LogP contribution < -0.4 is 11.1 Å². The van der Waals surface area contributed by atoms with Gasteiger partial charge in [-0.25, -0.2) is 4.68 Å². The van der Waals surface area contributed by atoms with Crippen molar-refractivity contribution in [3.05, 3.63) is 42.0 Å². The molecule has 7 nitrogen and oxygen atoms in total. The molecule has 0 saturated heterocycles. The third kappa shape index (κ3) is 4.63. The summed E-state index contributed by atoms with van der Waals surface area (Å²) >= 11 is 0. The van der Waals surface area contributed by atoms with Gasteiger partial charge in [0.2, 0.25) is 0 Å². The van der Waals surface area contributed by atoms with E-state index < -0.39 is 0 Å². The number of hydrogen-bond donors (Lipinski definition) is 2. The molecule has 0 spiro atoms. The predicted molar refractivity (Wildman–Crippen MR) is 83.1 cm³/mol. The molecule has 1 atom stereocenters. The highest BCUT2D eigenvalue weighted by Gasteiger charge is 2.16. The number of aromatic nitrogens is 4. The Hall–Kier alpha value is -2.28. The number of nitrogens with two attached hydrogens (primary N) is 1. The van der Waals surface area contributed by atoms with Crippen LogP contribution in [0.4, 0.5) is 0 Å². The zero-order valence-corrected chi connectivity index (χ0v) is 12.9. The van der Waals surface area contributed by atoms with Crippen molar-refractivity contribution in [3.8, 4) is 0 Å². The fourth-order valence-corrected chi connectivity index (χ4v) is 2.18. The number of pyridine rings is 1. The molecule has 3 N–H and O–H groups in total. The fourth-order valence-electron chi connectivity index (χ4n) is 2.18. The van der Waals surface area contributed by atoms with E-state index in [9.17, 15) is 4.79 Å². The average molecular weight is 302 g/mol. The number of rotatable bonds is 7. The maximum Gasteiger partial charge on any atom is 0.273 e. The Labute approximate surface area is 129 Å². The van der Waals surface area contributed by atoms with Gasteiger partial charge < -0.3 is 11.1 Å². The Morgan fingerprint density at radius 1 is 1.41 bits per heavy atom. The van der Waals surface area contributed by atoms with Gasteiger partial charge in [0, 0.05) is 18.8 Å². The van der Waals surface area contributed by atoms with Gasteiger partial charge in [-0.05, 0) is 24.5 Å². The number of amides is 1. The molecule has 0 aliphatic carbocycles. The molecule has 0 aliphatic heterocycles. The molecule has 0 aromatic carbocycles. The van der Waals surface area contributed by atoms with E-state index in [1.807, 2.05) is 18.2 Å². The second-order valence-electron chi connectivity index (χ2n) is 5.66. The topological polar surface area (TPSA) is 98.7 Å². The van der Waals surface area contributed by atoms with Crippen LogP contribution in [0.5, 0.6) is 0 Å². The Morgan fingerprint density at radius 3 is 2.86 bits per heavy atom. The van der Waals surface area contributed by atoms with Crippen molar-refractivity contribution in [1.82, 2.24) is 25.3 Å². The number of carbonyl (C=O) groups is 1. The highest BCUT2D eigenvalue weighted by molar-refractivity contribution is 5.92. The molecular formula is C15H22N6O. The van der Waals surface area contributed by atoms with Gasteiger partial charge in [0.05, 0.1) is 18.4 Å². The van der Waals surface area contributed by atoms with Crippen molar-refractivity contribution in [3.63, 3.8) is 0 Å². The summed E-state index contributed by atoms with van der Waals surface area (Å²) in [6.45, 7) is 5.08. The first kappa shape index (κ1) is 16.1. The van der Waals surface area contributed by atoms with Crippen LogP contribution in [0.1, 0.15) is 36.5 Å². The standard InChI is InChI=1S/C15H22N6O/c1-11(2)7-13(8-16)18-15(22)14-10-21(20-19-14)9-12-5-3-4-6-17-12/h3-6,10-11,13H,7-9,16H2,1-2H3,(H,18,22). The van der Waals surface area contributed by atoms with Crippen LogP contribution in [0.15, 0.2) is 30.6 Å². The molecule has 22 heavy (non-hydrogen) atoms. The van der Waals surface area contributed by atoms with Crippen molar-refractivity contribution >= 4 is 5.91 Å². The summed E-state index contributed by atoms with van der Waals surface area (Å²) < 4.78 is 1.59. The summed E-state index contributed by atoms with van der Waals surface area (Å²) in [5.74, 6) is 0.219. The first-order valence-corrected chi connectivity index (χ1v) is 7.39. The lowest BCUT2D eigenvalue weighted by atomic mass is 10.0. The summed E-state index contributed by atoms with van der Waals surface area (Å²) in [6.07, 6.45) is 4.18. The molecule has 118 valence electrons. The number of nitrogens with zero attached hydrogens (tertiary/aromatic N) is 4. The third-order valence-electron chi connectivity index (χ3n) is 3.20. The lowest BCUT2D eigenvalue weighted by Crippen LogP contribution is -2.41. The van der Waals surface area contributed by atoms with Crippen LogP contribution in [-0.2, 0) is 6.54 Å². The van der Waals surface area contributed by atoms with Gasteiger partial charge in [-0.2, -0.15) is 0 Å². The molecule has 0 radical (unpaired) electrons. The maximum atomic E-state index is 12.2. The van der Waals surface area contributed by atoms with Crippen molar-refractivity contribution in [1.29, 1.82) is 0 Å². The van der Waals surface area contributed by atoms with Gasteiger partial charge in [0.1, 0.15) is 0 Å². The van der Waals surface area contributed by atoms with Gasteiger partial charge in [0.15, 0.2) is 5.69 Å². The Morgan fingerprint density at radius 2 is 2.23 bits per heavy atom. The van der Waals surface area contributed by atoms with E-state index in [1.54, 1.807) is 17.1 Å². The van der Waals surface area contributed by atoms with Crippen molar-refractivity contribution in [2.45, 2.75) is 32.9 Å². The zero-order chi connectivity index (χ0) is 15.9. The van der Waals surface area contributed by atoms with Crippen LogP contribution in [0, 0.1) is 5.92 Å². The minimum atomic E-state index is -0.247. The zero-order valence-electron chi connectivity index (χ0n) is 12.9. The molecule has 0 fully saturated rings. The molecule has 7 heteroatoms. The molecule has 0 saturated carbocycles. The number of carbonyl (C=O) groups excluding carboxylic acids is 1. The SMILES string of the molecule is CC(C)CC(CN)NC(=O)c1cn(Cc2ccccn2)nn1. The minimum absolute atomic E-state index is 0.0477. The fraction of sp³-hybridized carbons (Fsp3) is 0.467. The van der Waals surface area contributed by atoms with Gasteiger partial charge >= 0.3 is 0 Å². The molecule has 1 amide bonds. The smallest absolute Gasteiger partial charge is 0.273 e. The lowest BCUT2D eigenvalue weighted by molar-refractivity contribution is 0.0928. The Kier molecular flexibility index (Phi) is 5.60. The number of hydrogen-bond acceptors (Lipinski definition) is 5. The van der Waals surface area contributed by atoms with E-state index in [-0.39, 0.29) is 17.6 Å². The van der Waals surface area contributed by atoms with E-state index in [1.165, 1.54) is 0 Å². The molecule has 0 aliphatic rings. The van der Waals surface area contributed by atoms with Crippen molar-refractivity contribution < 1.29 is 4.79 Å². The van der Waals surface area contributed by atoms with Gasteiger partial charge in [-0.3, -0.25) is 9.78 Å². The second-order valence-corrected chi connectivity index (χ2v) is 5.66. The highest BCUT2D eigenvalue weighted by Crippen LogP contribution is 2.05. The molecule has 0 bridgehead atoms. The summed E-state index contributed by atoms with van der Waals surface area (Å²) in [5.41, 5.74) is 6.84. The van der Waals surface area contributed by atoms with Crippen LogP contribution in [0.3, 0.4) is 0 Å². The third-order valence-corrected chi connectivity index (χ3v) is 3.20. The van der Waals surface area contributed by atoms with E-state index in [0.29, 0.717) is 19.0 Å². The Bertz CT molecular complexity index is 595. The molecule has 2 aromatic heterocycles. The second kappa shape index (κ2) is 7.65. The van der Waals surface area contributed by atoms with Gasteiger partial charge in [-0.15, -0.1) is 5.10 Å². The van der Waals surface area contributed by atoms with Gasteiger partial charge in [-0.1, -0.05) is 25.1 Å². The van der Waals surface area contributed by atoms with Crippen LogP contribution in [0.25, 0.3) is 0 Å².